The SMILES string of the molecule is Cc1cc(C)n(CC(=O)NC(CCC(=O)O)CC2CCCCC2)n1. The minimum atomic E-state index is -0.809. The van der Waals surface area contributed by atoms with E-state index in [2.05, 4.69) is 10.4 Å². The van der Waals surface area contributed by atoms with E-state index in [1.807, 2.05) is 19.9 Å². The summed E-state index contributed by atoms with van der Waals surface area (Å²) in [7, 11) is 0. The highest BCUT2D eigenvalue weighted by Gasteiger charge is 2.21. The minimum Gasteiger partial charge on any atom is -0.481 e. The van der Waals surface area contributed by atoms with Crippen molar-refractivity contribution >= 4 is 11.9 Å². The van der Waals surface area contributed by atoms with Crippen LogP contribution < -0.4 is 5.32 Å². The second-order valence-corrected chi connectivity index (χ2v) is 7.02. The molecule has 6 heteroatoms. The molecule has 1 aromatic heterocycles. The molecule has 0 saturated heterocycles. The summed E-state index contributed by atoms with van der Waals surface area (Å²) >= 11 is 0. The number of nitrogens with one attached hydrogen (secondary N) is 1. The molecule has 1 fully saturated rings. The zero-order valence-electron chi connectivity index (χ0n) is 14.8. The van der Waals surface area contributed by atoms with Crippen LogP contribution in [0.3, 0.4) is 0 Å². The normalized spacial score (nSPS) is 16.8. The van der Waals surface area contributed by atoms with Crippen molar-refractivity contribution in [2.45, 2.75) is 77.8 Å². The number of hydrogen-bond acceptors (Lipinski definition) is 3. The van der Waals surface area contributed by atoms with Gasteiger partial charge in [-0.05, 0) is 38.7 Å². The van der Waals surface area contributed by atoms with Crippen LogP contribution in [0.2, 0.25) is 0 Å². The summed E-state index contributed by atoms with van der Waals surface area (Å²) in [6.45, 7) is 4.02. The number of rotatable bonds is 8. The van der Waals surface area contributed by atoms with E-state index in [-0.39, 0.29) is 24.9 Å². The predicted octanol–water partition coefficient (Wildman–Crippen LogP) is 2.82. The van der Waals surface area contributed by atoms with Gasteiger partial charge in [0.2, 0.25) is 5.91 Å². The van der Waals surface area contributed by atoms with Gasteiger partial charge in [-0.3, -0.25) is 14.3 Å². The highest BCUT2D eigenvalue weighted by molar-refractivity contribution is 5.76. The highest BCUT2D eigenvalue weighted by Crippen LogP contribution is 2.28. The van der Waals surface area contributed by atoms with Gasteiger partial charge in [0.15, 0.2) is 0 Å². The second kappa shape index (κ2) is 8.85. The number of carboxylic acids is 1. The van der Waals surface area contributed by atoms with Crippen molar-refractivity contribution in [3.05, 3.63) is 17.5 Å². The third-order valence-corrected chi connectivity index (χ3v) is 4.81. The average molecular weight is 335 g/mol. The Morgan fingerprint density at radius 2 is 2.04 bits per heavy atom. The number of aryl methyl sites for hydroxylation is 2. The van der Waals surface area contributed by atoms with Crippen molar-refractivity contribution in [3.8, 4) is 0 Å². The van der Waals surface area contributed by atoms with Gasteiger partial charge in [0.05, 0.1) is 5.69 Å². The van der Waals surface area contributed by atoms with Gasteiger partial charge < -0.3 is 10.4 Å². The lowest BCUT2D eigenvalue weighted by Gasteiger charge is -2.27. The maximum Gasteiger partial charge on any atom is 0.303 e. The number of hydrogen-bond donors (Lipinski definition) is 2. The molecule has 1 unspecified atom stereocenters. The highest BCUT2D eigenvalue weighted by atomic mass is 16.4. The van der Waals surface area contributed by atoms with Crippen LogP contribution in [0.15, 0.2) is 6.07 Å². The Morgan fingerprint density at radius 3 is 2.62 bits per heavy atom. The van der Waals surface area contributed by atoms with E-state index in [4.69, 9.17) is 5.11 Å². The first-order valence-electron chi connectivity index (χ1n) is 8.96. The van der Waals surface area contributed by atoms with Gasteiger partial charge in [0.1, 0.15) is 6.54 Å². The first kappa shape index (κ1) is 18.5. The molecule has 0 spiro atoms. The molecule has 134 valence electrons. The van der Waals surface area contributed by atoms with Crippen LogP contribution in [0, 0.1) is 19.8 Å². The molecular formula is C18H29N3O3. The third-order valence-electron chi connectivity index (χ3n) is 4.81. The number of nitrogens with zero attached hydrogens (tertiary/aromatic N) is 2. The van der Waals surface area contributed by atoms with E-state index in [1.54, 1.807) is 4.68 Å². The molecule has 0 aliphatic heterocycles. The molecule has 2 N–H and O–H groups in total. The molecule has 24 heavy (non-hydrogen) atoms. The summed E-state index contributed by atoms with van der Waals surface area (Å²) in [5.74, 6) is -0.296. The summed E-state index contributed by atoms with van der Waals surface area (Å²) in [5.41, 5.74) is 1.85. The molecule has 1 aliphatic rings. The maximum absolute atomic E-state index is 12.4. The quantitative estimate of drug-likeness (QED) is 0.765. The number of aromatic nitrogens is 2. The number of carbonyl (C=O) groups is 2. The van der Waals surface area contributed by atoms with Crippen molar-refractivity contribution in [3.63, 3.8) is 0 Å². The number of carbonyl (C=O) groups excluding carboxylic acids is 1. The minimum absolute atomic E-state index is 0.0614. The summed E-state index contributed by atoms with van der Waals surface area (Å²) in [6, 6.07) is 1.88. The van der Waals surface area contributed by atoms with Gasteiger partial charge in [-0.15, -0.1) is 0 Å². The van der Waals surface area contributed by atoms with Gasteiger partial charge >= 0.3 is 5.97 Å². The Bertz CT molecular complexity index is 562. The van der Waals surface area contributed by atoms with Crippen LogP contribution in [0.25, 0.3) is 0 Å². The molecule has 1 saturated carbocycles. The molecule has 1 aromatic rings. The summed E-state index contributed by atoms with van der Waals surface area (Å²) < 4.78 is 1.69. The van der Waals surface area contributed by atoms with Crippen molar-refractivity contribution in [1.29, 1.82) is 0 Å². The average Bonchev–Trinajstić information content (AvgIpc) is 2.83. The fourth-order valence-corrected chi connectivity index (χ4v) is 3.62. The van der Waals surface area contributed by atoms with Crippen LogP contribution in [-0.2, 0) is 16.1 Å². The van der Waals surface area contributed by atoms with Gasteiger partial charge in [-0.25, -0.2) is 0 Å². The summed E-state index contributed by atoms with van der Waals surface area (Å²) in [6.07, 6.45) is 7.64. The van der Waals surface area contributed by atoms with Gasteiger partial charge in [0.25, 0.3) is 0 Å². The van der Waals surface area contributed by atoms with Gasteiger partial charge in [-0.2, -0.15) is 5.10 Å². The number of carboxylic acid groups (broad SMARTS) is 1. The van der Waals surface area contributed by atoms with E-state index >= 15 is 0 Å². The largest absolute Gasteiger partial charge is 0.481 e. The van der Waals surface area contributed by atoms with Crippen molar-refractivity contribution in [2.75, 3.05) is 0 Å². The molecule has 1 amide bonds. The summed E-state index contributed by atoms with van der Waals surface area (Å²) in [5, 5.41) is 16.3. The molecule has 1 atom stereocenters. The fraction of sp³-hybridized carbons (Fsp3) is 0.722. The zero-order valence-corrected chi connectivity index (χ0v) is 14.8. The second-order valence-electron chi connectivity index (χ2n) is 7.02. The molecule has 2 rings (SSSR count). The van der Waals surface area contributed by atoms with Crippen LogP contribution in [0.4, 0.5) is 0 Å². The maximum atomic E-state index is 12.4. The standard InChI is InChI=1S/C18H29N3O3/c1-13-10-14(2)21(20-13)12-17(22)19-16(8-9-18(23)24)11-15-6-4-3-5-7-15/h10,15-16H,3-9,11-12H2,1-2H3,(H,19,22)(H,23,24). The predicted molar refractivity (Wildman–Crippen MR) is 91.7 cm³/mol. The Labute approximate surface area is 143 Å². The van der Waals surface area contributed by atoms with E-state index < -0.39 is 5.97 Å². The molecule has 6 nitrogen and oxygen atoms in total. The molecule has 0 aromatic carbocycles. The molecule has 0 bridgehead atoms. The van der Waals surface area contributed by atoms with E-state index in [9.17, 15) is 9.59 Å². The van der Waals surface area contributed by atoms with E-state index in [1.165, 1.54) is 32.1 Å². The van der Waals surface area contributed by atoms with Crippen molar-refractivity contribution < 1.29 is 14.7 Å². The van der Waals surface area contributed by atoms with Crippen LogP contribution in [0.5, 0.6) is 0 Å². The molecule has 0 radical (unpaired) electrons. The van der Waals surface area contributed by atoms with Crippen LogP contribution in [-0.4, -0.2) is 32.8 Å². The van der Waals surface area contributed by atoms with Crippen LogP contribution in [0.1, 0.15) is 62.8 Å². The lowest BCUT2D eigenvalue weighted by Crippen LogP contribution is -2.39. The number of aliphatic carboxylic acids is 1. The van der Waals surface area contributed by atoms with Crippen molar-refractivity contribution in [2.24, 2.45) is 5.92 Å². The Balaban J connectivity index is 1.90. The smallest absolute Gasteiger partial charge is 0.303 e. The Morgan fingerprint density at radius 1 is 1.33 bits per heavy atom. The van der Waals surface area contributed by atoms with E-state index in [0.29, 0.717) is 12.3 Å². The van der Waals surface area contributed by atoms with Crippen molar-refractivity contribution in [1.82, 2.24) is 15.1 Å². The lowest BCUT2D eigenvalue weighted by atomic mass is 9.84. The Hall–Kier alpha value is -1.85. The topological polar surface area (TPSA) is 84.2 Å². The zero-order chi connectivity index (χ0) is 17.5. The number of amides is 1. The molecule has 1 aliphatic carbocycles. The molecule has 1 heterocycles. The van der Waals surface area contributed by atoms with Gasteiger partial charge in [0, 0.05) is 18.2 Å². The monoisotopic (exact) mass is 335 g/mol. The fourth-order valence-electron chi connectivity index (χ4n) is 3.62. The lowest BCUT2D eigenvalue weighted by molar-refractivity contribution is -0.137. The Kier molecular flexibility index (Phi) is 6.82. The molecular weight excluding hydrogens is 306 g/mol. The van der Waals surface area contributed by atoms with Crippen LogP contribution >= 0.6 is 0 Å². The van der Waals surface area contributed by atoms with E-state index in [0.717, 1.165) is 17.8 Å². The first-order chi connectivity index (χ1) is 11.4. The summed E-state index contributed by atoms with van der Waals surface area (Å²) in [4.78, 5) is 23.2. The van der Waals surface area contributed by atoms with Gasteiger partial charge in [-0.1, -0.05) is 32.1 Å². The first-order valence-corrected chi connectivity index (χ1v) is 8.96. The third kappa shape index (κ3) is 5.98.